The quantitative estimate of drug-likeness (QED) is 0.827. The molecule has 0 aliphatic carbocycles. The molecule has 1 atom stereocenters. The Labute approximate surface area is 122 Å². The number of rotatable bonds is 1. The average Bonchev–Trinajstić information content (AvgIpc) is 2.74. The first-order chi connectivity index (χ1) is 8.80. The van der Waals surface area contributed by atoms with Gasteiger partial charge in [0.15, 0.2) is 0 Å². The van der Waals surface area contributed by atoms with Gasteiger partial charge >= 0.3 is 6.09 Å². The van der Waals surface area contributed by atoms with Gasteiger partial charge in [0.1, 0.15) is 0 Å². The van der Waals surface area contributed by atoms with Crippen LogP contribution in [0.5, 0.6) is 0 Å². The van der Waals surface area contributed by atoms with Crippen LogP contribution in [0.3, 0.4) is 0 Å². The molecule has 0 saturated carbocycles. The molecule has 1 aromatic rings. The Kier molecular flexibility index (Phi) is 3.65. The van der Waals surface area contributed by atoms with E-state index in [9.17, 15) is 9.90 Å². The molecule has 0 unspecified atom stereocenters. The van der Waals surface area contributed by atoms with Crippen molar-refractivity contribution in [2.45, 2.75) is 39.2 Å². The highest BCUT2D eigenvalue weighted by molar-refractivity contribution is 9.10. The summed E-state index contributed by atoms with van der Waals surface area (Å²) in [4.78, 5) is 13.3. The van der Waals surface area contributed by atoms with Crippen LogP contribution >= 0.6 is 15.9 Å². The van der Waals surface area contributed by atoms with Crippen molar-refractivity contribution in [2.75, 3.05) is 6.54 Å². The van der Waals surface area contributed by atoms with Gasteiger partial charge in [-0.1, -0.05) is 54.9 Å². The topological polar surface area (TPSA) is 40.5 Å². The summed E-state index contributed by atoms with van der Waals surface area (Å²) < 4.78 is 0.984. The van der Waals surface area contributed by atoms with Gasteiger partial charge in [-0.15, -0.1) is 0 Å². The largest absolute Gasteiger partial charge is 0.465 e. The Morgan fingerprint density at radius 1 is 1.37 bits per heavy atom. The second-order valence-electron chi connectivity index (χ2n) is 6.13. The zero-order valence-electron chi connectivity index (χ0n) is 11.6. The first-order valence-electron chi connectivity index (χ1n) is 6.56. The molecule has 2 rings (SSSR count). The molecule has 1 aliphatic heterocycles. The van der Waals surface area contributed by atoms with E-state index in [0.717, 1.165) is 22.9 Å². The standard InChI is InChI=1S/C15H20BrNO2/c1-14(2,3)15(9-6-10-17(15)13(18)19)11-7-4-5-8-12(11)16/h4-5,7-8H,6,9-10H2,1-3H3,(H,18,19)/t15-/m1/s1. The zero-order valence-corrected chi connectivity index (χ0v) is 13.2. The maximum Gasteiger partial charge on any atom is 0.408 e. The van der Waals surface area contributed by atoms with Gasteiger partial charge in [0.05, 0.1) is 5.54 Å². The van der Waals surface area contributed by atoms with Crippen molar-refractivity contribution in [2.24, 2.45) is 5.41 Å². The summed E-state index contributed by atoms with van der Waals surface area (Å²) in [5.41, 5.74) is 0.451. The minimum Gasteiger partial charge on any atom is -0.465 e. The Hall–Kier alpha value is -1.03. The summed E-state index contributed by atoms with van der Waals surface area (Å²) in [5.74, 6) is 0. The van der Waals surface area contributed by atoms with Crippen LogP contribution in [0, 0.1) is 5.41 Å². The van der Waals surface area contributed by atoms with E-state index in [2.05, 4.69) is 36.7 Å². The van der Waals surface area contributed by atoms with Crippen LogP contribution < -0.4 is 0 Å². The van der Waals surface area contributed by atoms with E-state index >= 15 is 0 Å². The van der Waals surface area contributed by atoms with E-state index in [4.69, 9.17) is 0 Å². The third-order valence-electron chi connectivity index (χ3n) is 4.17. The lowest BCUT2D eigenvalue weighted by molar-refractivity contribution is 0.0271. The summed E-state index contributed by atoms with van der Waals surface area (Å²) in [6.07, 6.45) is 0.944. The minimum atomic E-state index is -0.830. The smallest absolute Gasteiger partial charge is 0.408 e. The maximum absolute atomic E-state index is 11.7. The van der Waals surface area contributed by atoms with Crippen molar-refractivity contribution >= 4 is 22.0 Å². The van der Waals surface area contributed by atoms with Gasteiger partial charge in [-0.2, -0.15) is 0 Å². The van der Waals surface area contributed by atoms with E-state index in [1.54, 1.807) is 4.90 Å². The monoisotopic (exact) mass is 325 g/mol. The van der Waals surface area contributed by atoms with Gasteiger partial charge in [-0.3, -0.25) is 4.90 Å². The molecule has 0 bridgehead atoms. The molecule has 1 aromatic carbocycles. The number of benzene rings is 1. The number of hydrogen-bond acceptors (Lipinski definition) is 1. The summed E-state index contributed by atoms with van der Waals surface area (Å²) in [6, 6.07) is 7.97. The summed E-state index contributed by atoms with van der Waals surface area (Å²) in [6.45, 7) is 6.96. The van der Waals surface area contributed by atoms with E-state index in [0.29, 0.717) is 6.54 Å². The van der Waals surface area contributed by atoms with Crippen LogP contribution in [-0.4, -0.2) is 22.6 Å². The normalized spacial score (nSPS) is 23.7. The molecule has 19 heavy (non-hydrogen) atoms. The molecule has 3 nitrogen and oxygen atoms in total. The number of amides is 1. The fourth-order valence-corrected chi connectivity index (χ4v) is 3.95. The van der Waals surface area contributed by atoms with Crippen molar-refractivity contribution in [3.63, 3.8) is 0 Å². The van der Waals surface area contributed by atoms with Gasteiger partial charge in [-0.05, 0) is 29.9 Å². The molecule has 0 radical (unpaired) electrons. The van der Waals surface area contributed by atoms with Crippen LogP contribution in [-0.2, 0) is 5.54 Å². The Morgan fingerprint density at radius 2 is 2.00 bits per heavy atom. The van der Waals surface area contributed by atoms with Crippen LogP contribution in [0.25, 0.3) is 0 Å². The molecular formula is C15H20BrNO2. The third-order valence-corrected chi connectivity index (χ3v) is 4.86. The number of nitrogens with zero attached hydrogens (tertiary/aromatic N) is 1. The van der Waals surface area contributed by atoms with E-state index in [1.165, 1.54) is 0 Å². The SMILES string of the molecule is CC(C)(C)[C@]1(c2ccccc2Br)CCCN1C(=O)O. The van der Waals surface area contributed by atoms with Gasteiger partial charge in [0, 0.05) is 11.0 Å². The number of halogens is 1. The Bertz CT molecular complexity index is 495. The number of carbonyl (C=O) groups is 1. The Morgan fingerprint density at radius 3 is 2.53 bits per heavy atom. The van der Waals surface area contributed by atoms with Crippen LogP contribution in [0.2, 0.25) is 0 Å². The lowest BCUT2D eigenvalue weighted by atomic mass is 9.68. The van der Waals surface area contributed by atoms with Gasteiger partial charge in [0.2, 0.25) is 0 Å². The maximum atomic E-state index is 11.7. The fraction of sp³-hybridized carbons (Fsp3) is 0.533. The van der Waals surface area contributed by atoms with Gasteiger partial charge in [0.25, 0.3) is 0 Å². The van der Waals surface area contributed by atoms with Crippen molar-refractivity contribution < 1.29 is 9.90 Å². The van der Waals surface area contributed by atoms with Crippen LogP contribution in [0.15, 0.2) is 28.7 Å². The number of carboxylic acid groups (broad SMARTS) is 1. The highest BCUT2D eigenvalue weighted by Gasteiger charge is 2.53. The molecular weight excluding hydrogens is 306 g/mol. The third kappa shape index (κ3) is 2.16. The molecule has 1 fully saturated rings. The first kappa shape index (κ1) is 14.4. The van der Waals surface area contributed by atoms with Gasteiger partial charge in [-0.25, -0.2) is 4.79 Å². The average molecular weight is 326 g/mol. The number of hydrogen-bond donors (Lipinski definition) is 1. The first-order valence-corrected chi connectivity index (χ1v) is 7.35. The summed E-state index contributed by atoms with van der Waals surface area (Å²) in [5, 5.41) is 9.58. The Balaban J connectivity index is 2.66. The van der Waals surface area contributed by atoms with Crippen molar-refractivity contribution in [3.8, 4) is 0 Å². The fourth-order valence-electron chi connectivity index (χ4n) is 3.34. The highest BCUT2D eigenvalue weighted by atomic mass is 79.9. The van der Waals surface area contributed by atoms with E-state index in [1.807, 2.05) is 24.3 Å². The molecule has 4 heteroatoms. The van der Waals surface area contributed by atoms with Crippen molar-refractivity contribution in [1.82, 2.24) is 4.90 Å². The van der Waals surface area contributed by atoms with Crippen molar-refractivity contribution in [3.05, 3.63) is 34.3 Å². The molecule has 104 valence electrons. The predicted molar refractivity (Wildman–Crippen MR) is 79.2 cm³/mol. The van der Waals surface area contributed by atoms with Crippen molar-refractivity contribution in [1.29, 1.82) is 0 Å². The second kappa shape index (κ2) is 4.82. The molecule has 0 spiro atoms. The second-order valence-corrected chi connectivity index (χ2v) is 6.98. The lowest BCUT2D eigenvalue weighted by Crippen LogP contribution is -2.52. The predicted octanol–water partition coefficient (Wildman–Crippen LogP) is 4.46. The molecule has 0 aromatic heterocycles. The number of likely N-dealkylation sites (tertiary alicyclic amines) is 1. The highest BCUT2D eigenvalue weighted by Crippen LogP contribution is 2.52. The van der Waals surface area contributed by atoms with E-state index < -0.39 is 11.6 Å². The molecule has 1 heterocycles. The van der Waals surface area contributed by atoms with E-state index in [-0.39, 0.29) is 5.41 Å². The molecule has 1 amide bonds. The van der Waals surface area contributed by atoms with Gasteiger partial charge < -0.3 is 5.11 Å². The summed E-state index contributed by atoms with van der Waals surface area (Å²) >= 11 is 3.59. The molecule has 1 saturated heterocycles. The van der Waals surface area contributed by atoms with Crippen LogP contribution in [0.1, 0.15) is 39.2 Å². The lowest BCUT2D eigenvalue weighted by Gasteiger charge is -2.48. The molecule has 1 N–H and O–H groups in total. The minimum absolute atomic E-state index is 0.161. The van der Waals surface area contributed by atoms with Crippen LogP contribution in [0.4, 0.5) is 4.79 Å². The molecule has 1 aliphatic rings. The summed E-state index contributed by atoms with van der Waals surface area (Å²) in [7, 11) is 0. The zero-order chi connectivity index (χ0) is 14.3.